The summed E-state index contributed by atoms with van der Waals surface area (Å²) < 4.78 is 40.0. The number of nitrogens with zero attached hydrogens (tertiary/aromatic N) is 1. The van der Waals surface area contributed by atoms with E-state index in [2.05, 4.69) is 0 Å². The zero-order chi connectivity index (χ0) is 13.6. The molecule has 0 radical (unpaired) electrons. The molecule has 0 bridgehead atoms. The van der Waals surface area contributed by atoms with Gasteiger partial charge >= 0.3 is 10.2 Å². The number of halogens is 1. The Morgan fingerprint density at radius 2 is 2.00 bits per heavy atom. The third kappa shape index (κ3) is 2.23. The highest BCUT2D eigenvalue weighted by Gasteiger charge is 2.39. The van der Waals surface area contributed by atoms with E-state index in [0.29, 0.717) is 18.9 Å². The van der Waals surface area contributed by atoms with Gasteiger partial charge in [0.05, 0.1) is 13.2 Å². The average Bonchev–Trinajstić information content (AvgIpc) is 2.92. The van der Waals surface area contributed by atoms with Gasteiger partial charge in [-0.3, -0.25) is 4.79 Å². The van der Waals surface area contributed by atoms with Gasteiger partial charge in [0.25, 0.3) is 0 Å². The minimum absolute atomic E-state index is 0.128. The molecule has 1 saturated heterocycles. The number of carbonyl (C=O) groups excluding carboxylic acids is 1. The molecule has 1 fully saturated rings. The Labute approximate surface area is 110 Å². The fourth-order valence-electron chi connectivity index (χ4n) is 2.44. The molecule has 1 unspecified atom stereocenters. The van der Waals surface area contributed by atoms with Crippen LogP contribution in [0.1, 0.15) is 17.5 Å². The molecule has 5 nitrogen and oxygen atoms in total. The molecule has 2 aliphatic rings. The van der Waals surface area contributed by atoms with Gasteiger partial charge in [-0.05, 0) is 23.3 Å². The van der Waals surface area contributed by atoms with Crippen LogP contribution >= 0.6 is 0 Å². The van der Waals surface area contributed by atoms with Crippen molar-refractivity contribution in [3.8, 4) is 0 Å². The smallest absolute Gasteiger partial charge is 0.307 e. The number of amides is 1. The van der Waals surface area contributed by atoms with E-state index in [1.54, 1.807) is 12.1 Å². The molecule has 0 aromatic heterocycles. The lowest BCUT2D eigenvalue weighted by Gasteiger charge is -2.16. The molecule has 0 saturated carbocycles. The molecule has 2 aliphatic heterocycles. The van der Waals surface area contributed by atoms with E-state index < -0.39 is 15.5 Å². The lowest BCUT2D eigenvalue weighted by atomic mass is 10.1. The van der Waals surface area contributed by atoms with Crippen molar-refractivity contribution >= 4 is 21.8 Å². The van der Waals surface area contributed by atoms with E-state index in [-0.39, 0.29) is 18.9 Å². The number of carbonyl (C=O) groups is 1. The maximum absolute atomic E-state index is 12.9. The minimum Gasteiger partial charge on any atom is -0.372 e. The maximum Gasteiger partial charge on any atom is 0.307 e. The summed E-state index contributed by atoms with van der Waals surface area (Å²) in [5, 5.41) is -1.26. The molecule has 0 N–H and O–H groups in total. The summed E-state index contributed by atoms with van der Waals surface area (Å²) >= 11 is 0. The number of rotatable bonds is 2. The summed E-state index contributed by atoms with van der Waals surface area (Å²) in [5.41, 5.74) is 2.64. The van der Waals surface area contributed by atoms with Crippen molar-refractivity contribution in [1.29, 1.82) is 0 Å². The van der Waals surface area contributed by atoms with Crippen molar-refractivity contribution in [3.05, 3.63) is 29.3 Å². The van der Waals surface area contributed by atoms with Crippen LogP contribution in [-0.4, -0.2) is 26.1 Å². The molecule has 102 valence electrons. The average molecular weight is 285 g/mol. The first-order valence-corrected chi connectivity index (χ1v) is 7.33. The molecule has 1 amide bonds. The second kappa shape index (κ2) is 4.28. The van der Waals surface area contributed by atoms with Crippen LogP contribution in [0.15, 0.2) is 18.2 Å². The van der Waals surface area contributed by atoms with E-state index in [0.717, 1.165) is 11.1 Å². The Kier molecular flexibility index (Phi) is 2.83. The number of fused-ring (bicyclic) bond motifs is 1. The van der Waals surface area contributed by atoms with E-state index in [9.17, 15) is 17.1 Å². The van der Waals surface area contributed by atoms with Crippen LogP contribution in [-0.2, 0) is 33.0 Å². The first-order chi connectivity index (χ1) is 8.95. The third-order valence-corrected chi connectivity index (χ3v) is 4.62. The molecular weight excluding hydrogens is 273 g/mol. The van der Waals surface area contributed by atoms with Crippen LogP contribution in [0.4, 0.5) is 9.57 Å². The standard InChI is InChI=1S/C12H12FNO4S/c13-19(16,17)11-4-12(15)14(5-11)10-2-1-8-6-18-7-9(8)3-10/h1-3,11H,4-7H2. The summed E-state index contributed by atoms with van der Waals surface area (Å²) in [5.74, 6) is -0.370. The monoisotopic (exact) mass is 285 g/mol. The molecule has 0 aliphatic carbocycles. The molecule has 3 rings (SSSR count). The Bertz CT molecular complexity index is 643. The second-order valence-corrected chi connectivity index (χ2v) is 6.37. The van der Waals surface area contributed by atoms with Crippen LogP contribution in [0.5, 0.6) is 0 Å². The largest absolute Gasteiger partial charge is 0.372 e. The predicted molar refractivity (Wildman–Crippen MR) is 65.7 cm³/mol. The predicted octanol–water partition coefficient (Wildman–Crippen LogP) is 1.12. The summed E-state index contributed by atoms with van der Waals surface area (Å²) in [6, 6.07) is 5.38. The van der Waals surface area contributed by atoms with Crippen molar-refractivity contribution in [1.82, 2.24) is 0 Å². The van der Waals surface area contributed by atoms with Crippen LogP contribution in [0.25, 0.3) is 0 Å². The zero-order valence-corrected chi connectivity index (χ0v) is 10.8. The first kappa shape index (κ1) is 12.6. The molecule has 2 heterocycles. The fraction of sp³-hybridized carbons (Fsp3) is 0.417. The number of ether oxygens (including phenoxy) is 1. The van der Waals surface area contributed by atoms with E-state index in [1.165, 1.54) is 4.90 Å². The lowest BCUT2D eigenvalue weighted by molar-refractivity contribution is -0.117. The summed E-state index contributed by atoms with van der Waals surface area (Å²) in [4.78, 5) is 13.1. The Balaban J connectivity index is 1.89. The number of hydrogen-bond donors (Lipinski definition) is 0. The van der Waals surface area contributed by atoms with Gasteiger partial charge in [-0.25, -0.2) is 0 Å². The topological polar surface area (TPSA) is 63.7 Å². The summed E-state index contributed by atoms with van der Waals surface area (Å²) in [6.45, 7) is 0.901. The summed E-state index contributed by atoms with van der Waals surface area (Å²) in [7, 11) is -4.68. The minimum atomic E-state index is -4.68. The van der Waals surface area contributed by atoms with Crippen molar-refractivity contribution < 1.29 is 21.8 Å². The highest BCUT2D eigenvalue weighted by molar-refractivity contribution is 7.87. The third-order valence-electron chi connectivity index (χ3n) is 3.50. The second-order valence-electron chi connectivity index (χ2n) is 4.75. The van der Waals surface area contributed by atoms with E-state index >= 15 is 0 Å². The Morgan fingerprint density at radius 3 is 2.68 bits per heavy atom. The summed E-state index contributed by atoms with van der Waals surface area (Å²) in [6.07, 6.45) is -0.299. The molecule has 19 heavy (non-hydrogen) atoms. The quantitative estimate of drug-likeness (QED) is 0.764. The van der Waals surface area contributed by atoms with Gasteiger partial charge in [-0.1, -0.05) is 6.07 Å². The zero-order valence-electron chi connectivity index (χ0n) is 10.0. The Morgan fingerprint density at radius 1 is 1.26 bits per heavy atom. The van der Waals surface area contributed by atoms with Crippen LogP contribution < -0.4 is 4.90 Å². The van der Waals surface area contributed by atoms with Crippen LogP contribution in [0, 0.1) is 0 Å². The number of anilines is 1. The molecule has 7 heteroatoms. The normalized spacial score (nSPS) is 22.9. The van der Waals surface area contributed by atoms with Gasteiger partial charge in [0.15, 0.2) is 0 Å². The molecule has 0 spiro atoms. The van der Waals surface area contributed by atoms with Gasteiger partial charge in [0.2, 0.25) is 5.91 Å². The van der Waals surface area contributed by atoms with E-state index in [4.69, 9.17) is 4.74 Å². The van der Waals surface area contributed by atoms with Gasteiger partial charge in [-0.2, -0.15) is 8.42 Å². The van der Waals surface area contributed by atoms with Crippen LogP contribution in [0.3, 0.4) is 0 Å². The maximum atomic E-state index is 12.9. The lowest BCUT2D eigenvalue weighted by Crippen LogP contribution is -2.27. The highest BCUT2D eigenvalue weighted by atomic mass is 32.3. The molecule has 1 aromatic rings. The van der Waals surface area contributed by atoms with Crippen molar-refractivity contribution in [2.75, 3.05) is 11.4 Å². The Hall–Kier alpha value is -1.47. The van der Waals surface area contributed by atoms with Gasteiger partial charge in [0, 0.05) is 18.7 Å². The van der Waals surface area contributed by atoms with Crippen LogP contribution in [0.2, 0.25) is 0 Å². The van der Waals surface area contributed by atoms with Gasteiger partial charge in [0.1, 0.15) is 5.25 Å². The van der Waals surface area contributed by atoms with Crippen molar-refractivity contribution in [3.63, 3.8) is 0 Å². The van der Waals surface area contributed by atoms with Gasteiger partial charge < -0.3 is 9.64 Å². The van der Waals surface area contributed by atoms with Crippen molar-refractivity contribution in [2.24, 2.45) is 0 Å². The molecule has 1 aromatic carbocycles. The van der Waals surface area contributed by atoms with Gasteiger partial charge in [-0.15, -0.1) is 3.89 Å². The fourth-order valence-corrected chi connectivity index (χ4v) is 3.11. The van der Waals surface area contributed by atoms with E-state index in [1.807, 2.05) is 6.07 Å². The SMILES string of the molecule is O=C1CC(S(=O)(=O)F)CN1c1ccc2c(c1)COC2. The number of hydrogen-bond acceptors (Lipinski definition) is 4. The first-order valence-electron chi connectivity index (χ1n) is 5.88. The number of benzene rings is 1. The molecular formula is C12H12FNO4S. The molecule has 1 atom stereocenters. The highest BCUT2D eigenvalue weighted by Crippen LogP contribution is 2.29. The van der Waals surface area contributed by atoms with Crippen molar-refractivity contribution in [2.45, 2.75) is 24.9 Å².